The summed E-state index contributed by atoms with van der Waals surface area (Å²) in [5, 5.41) is 0.485. The van der Waals surface area contributed by atoms with E-state index in [1.807, 2.05) is 0 Å². The van der Waals surface area contributed by atoms with Gasteiger partial charge >= 0.3 is 0 Å². The Balaban J connectivity index is 2.38. The summed E-state index contributed by atoms with van der Waals surface area (Å²) in [5.74, 6) is 0.686. The Bertz CT molecular complexity index is 506. The summed E-state index contributed by atoms with van der Waals surface area (Å²) < 4.78 is 0. The molecule has 110 valence electrons. The molecule has 1 aliphatic heterocycles. The molecule has 1 fully saturated rings. The molecule has 2 heterocycles. The van der Waals surface area contributed by atoms with Gasteiger partial charge in [0.25, 0.3) is 0 Å². The van der Waals surface area contributed by atoms with Crippen LogP contribution in [0.5, 0.6) is 0 Å². The number of primary amides is 1. The van der Waals surface area contributed by atoms with Gasteiger partial charge in [0, 0.05) is 18.2 Å². The second-order valence-electron chi connectivity index (χ2n) is 5.73. The zero-order valence-corrected chi connectivity index (χ0v) is 12.9. The third kappa shape index (κ3) is 2.87. The number of nitrogens with two attached hydrogens (primary N) is 1. The number of aromatic nitrogens is 2. The van der Waals surface area contributed by atoms with E-state index in [0.717, 1.165) is 24.2 Å². The number of anilines is 1. The van der Waals surface area contributed by atoms with Crippen LogP contribution >= 0.6 is 11.6 Å². The van der Waals surface area contributed by atoms with E-state index in [2.05, 4.69) is 35.6 Å². The first-order valence-electron chi connectivity index (χ1n) is 6.98. The molecule has 1 aliphatic rings. The highest BCUT2D eigenvalue weighted by Gasteiger charge is 2.31. The molecule has 0 bridgehead atoms. The molecule has 2 unspecified atom stereocenters. The molecule has 20 heavy (non-hydrogen) atoms. The molecule has 6 heteroatoms. The monoisotopic (exact) mass is 296 g/mol. The summed E-state index contributed by atoms with van der Waals surface area (Å²) in [7, 11) is 0. The fraction of sp³-hybridized carbons (Fsp3) is 0.643. The van der Waals surface area contributed by atoms with Gasteiger partial charge in [-0.25, -0.2) is 9.97 Å². The van der Waals surface area contributed by atoms with E-state index in [4.69, 9.17) is 17.3 Å². The first-order chi connectivity index (χ1) is 9.41. The van der Waals surface area contributed by atoms with Gasteiger partial charge in [-0.1, -0.05) is 25.4 Å². The maximum absolute atomic E-state index is 11.5. The van der Waals surface area contributed by atoms with Gasteiger partial charge in [-0.3, -0.25) is 4.79 Å². The molecule has 0 spiro atoms. The fourth-order valence-corrected chi connectivity index (χ4v) is 3.07. The first-order valence-corrected chi connectivity index (χ1v) is 7.36. The lowest BCUT2D eigenvalue weighted by atomic mass is 9.92. The van der Waals surface area contributed by atoms with Crippen LogP contribution in [0.15, 0.2) is 6.33 Å². The number of hydrogen-bond donors (Lipinski definition) is 1. The van der Waals surface area contributed by atoms with E-state index in [9.17, 15) is 4.79 Å². The summed E-state index contributed by atoms with van der Waals surface area (Å²) in [6.07, 6.45) is 3.24. The summed E-state index contributed by atoms with van der Waals surface area (Å²) in [6, 6.07) is 0.314. The molecule has 0 aliphatic carbocycles. The highest BCUT2D eigenvalue weighted by atomic mass is 35.5. The first kappa shape index (κ1) is 15.0. The Kier molecular flexibility index (Phi) is 4.48. The normalized spacial score (nSPS) is 23.1. The zero-order valence-electron chi connectivity index (χ0n) is 12.1. The van der Waals surface area contributed by atoms with Gasteiger partial charge in [-0.05, 0) is 25.7 Å². The van der Waals surface area contributed by atoms with Crippen molar-refractivity contribution >= 4 is 23.3 Å². The second-order valence-corrected chi connectivity index (χ2v) is 6.09. The molecule has 1 aromatic heterocycles. The van der Waals surface area contributed by atoms with Crippen molar-refractivity contribution in [3.63, 3.8) is 0 Å². The van der Waals surface area contributed by atoms with Crippen LogP contribution in [-0.4, -0.2) is 28.5 Å². The van der Waals surface area contributed by atoms with Gasteiger partial charge < -0.3 is 10.6 Å². The highest BCUT2D eigenvalue weighted by Crippen LogP contribution is 2.34. The Morgan fingerprint density at radius 3 is 2.75 bits per heavy atom. The molecule has 1 saturated heterocycles. The van der Waals surface area contributed by atoms with Crippen LogP contribution in [0.4, 0.5) is 5.82 Å². The van der Waals surface area contributed by atoms with Crippen LogP contribution in [0, 0.1) is 5.92 Å². The van der Waals surface area contributed by atoms with Crippen molar-refractivity contribution in [2.24, 2.45) is 11.7 Å². The Morgan fingerprint density at radius 2 is 2.15 bits per heavy atom. The van der Waals surface area contributed by atoms with Crippen LogP contribution in [0.25, 0.3) is 0 Å². The minimum Gasteiger partial charge on any atom is -0.369 e. The van der Waals surface area contributed by atoms with E-state index >= 15 is 0 Å². The van der Waals surface area contributed by atoms with E-state index in [1.54, 1.807) is 0 Å². The molecule has 2 N–H and O–H groups in total. The summed E-state index contributed by atoms with van der Waals surface area (Å²) in [6.45, 7) is 6.86. The van der Waals surface area contributed by atoms with E-state index < -0.39 is 0 Å². The third-order valence-electron chi connectivity index (χ3n) is 3.95. The van der Waals surface area contributed by atoms with Crippen molar-refractivity contribution in [1.29, 1.82) is 0 Å². The number of carbonyl (C=O) groups is 1. The van der Waals surface area contributed by atoms with Crippen molar-refractivity contribution in [2.75, 3.05) is 11.4 Å². The van der Waals surface area contributed by atoms with Crippen molar-refractivity contribution < 1.29 is 4.79 Å². The molecule has 1 amide bonds. The molecular weight excluding hydrogens is 276 g/mol. The minimum atomic E-state index is -0.242. The second kappa shape index (κ2) is 5.95. The molecule has 2 rings (SSSR count). The van der Waals surface area contributed by atoms with Crippen molar-refractivity contribution in [2.45, 2.75) is 45.6 Å². The molecular formula is C14H21ClN4O. The van der Waals surface area contributed by atoms with Crippen molar-refractivity contribution in [3.05, 3.63) is 17.0 Å². The number of piperidine rings is 1. The summed E-state index contributed by atoms with van der Waals surface area (Å²) >= 11 is 6.22. The van der Waals surface area contributed by atoms with Gasteiger partial charge in [-0.2, -0.15) is 0 Å². The number of hydrogen-bond acceptors (Lipinski definition) is 4. The fourth-order valence-electron chi connectivity index (χ4n) is 2.73. The Morgan fingerprint density at radius 1 is 1.45 bits per heavy atom. The maximum atomic E-state index is 11.5. The maximum Gasteiger partial charge on any atom is 0.222 e. The third-order valence-corrected chi connectivity index (χ3v) is 4.25. The molecule has 0 aromatic carbocycles. The Labute approximate surface area is 124 Å². The standard InChI is InChI=1S/C14H21ClN4O/c1-8(2)11-12(15)17-7-18-14(11)19-6-10(13(16)20)5-4-9(19)3/h7-10H,4-6H2,1-3H3,(H2,16,20). The van der Waals surface area contributed by atoms with Crippen LogP contribution in [0.3, 0.4) is 0 Å². The summed E-state index contributed by atoms with van der Waals surface area (Å²) in [4.78, 5) is 22.1. The van der Waals surface area contributed by atoms with Crippen LogP contribution in [-0.2, 0) is 4.79 Å². The number of halogens is 1. The predicted octanol–water partition coefficient (Wildman–Crippen LogP) is 2.34. The largest absolute Gasteiger partial charge is 0.369 e. The smallest absolute Gasteiger partial charge is 0.222 e. The van der Waals surface area contributed by atoms with Crippen LogP contribution in [0.2, 0.25) is 5.15 Å². The quantitative estimate of drug-likeness (QED) is 0.869. The van der Waals surface area contributed by atoms with Crippen molar-refractivity contribution in [1.82, 2.24) is 9.97 Å². The van der Waals surface area contributed by atoms with E-state index in [-0.39, 0.29) is 17.7 Å². The van der Waals surface area contributed by atoms with Gasteiger partial charge in [0.1, 0.15) is 17.3 Å². The average molecular weight is 297 g/mol. The summed E-state index contributed by atoms with van der Waals surface area (Å²) in [5.41, 5.74) is 6.39. The SMILES string of the molecule is CC(C)c1c(Cl)ncnc1N1CC(C(N)=O)CCC1C. The molecule has 2 atom stereocenters. The van der Waals surface area contributed by atoms with Crippen molar-refractivity contribution in [3.8, 4) is 0 Å². The number of rotatable bonds is 3. The molecule has 0 saturated carbocycles. The topological polar surface area (TPSA) is 72.1 Å². The lowest BCUT2D eigenvalue weighted by molar-refractivity contribution is -0.122. The molecule has 0 radical (unpaired) electrons. The molecule has 1 aromatic rings. The average Bonchev–Trinajstić information content (AvgIpc) is 2.38. The van der Waals surface area contributed by atoms with E-state index in [0.29, 0.717) is 17.7 Å². The van der Waals surface area contributed by atoms with Crippen LogP contribution in [0.1, 0.15) is 45.1 Å². The highest BCUT2D eigenvalue weighted by molar-refractivity contribution is 6.30. The van der Waals surface area contributed by atoms with Gasteiger partial charge in [-0.15, -0.1) is 0 Å². The number of amides is 1. The van der Waals surface area contributed by atoms with Crippen LogP contribution < -0.4 is 10.6 Å². The Hall–Kier alpha value is -1.36. The number of carbonyl (C=O) groups excluding carboxylic acids is 1. The lowest BCUT2D eigenvalue weighted by Gasteiger charge is -2.39. The number of nitrogens with zero attached hydrogens (tertiary/aromatic N) is 3. The van der Waals surface area contributed by atoms with Gasteiger partial charge in [0.15, 0.2) is 0 Å². The van der Waals surface area contributed by atoms with E-state index in [1.165, 1.54) is 6.33 Å². The lowest BCUT2D eigenvalue weighted by Crippen LogP contribution is -2.46. The van der Waals surface area contributed by atoms with Gasteiger partial charge in [0.2, 0.25) is 5.91 Å². The minimum absolute atomic E-state index is 0.125. The van der Waals surface area contributed by atoms with Gasteiger partial charge in [0.05, 0.1) is 5.92 Å². The zero-order chi connectivity index (χ0) is 14.9. The molecule has 5 nitrogen and oxygen atoms in total. The predicted molar refractivity (Wildman–Crippen MR) is 79.9 cm³/mol.